The Kier molecular flexibility index (Phi) is 47.9. The predicted molar refractivity (Wildman–Crippen MR) is 385 cm³/mol. The Labute approximate surface area is 583 Å². The summed E-state index contributed by atoms with van der Waals surface area (Å²) in [5.41, 5.74) is 1.24. The second-order valence-electron chi connectivity index (χ2n) is 22.7. The van der Waals surface area contributed by atoms with Crippen LogP contribution in [0.5, 0.6) is 46.0 Å². The maximum absolute atomic E-state index is 13.6. The summed E-state index contributed by atoms with van der Waals surface area (Å²) in [4.78, 5) is 58.1. The van der Waals surface area contributed by atoms with Crippen molar-refractivity contribution in [1.29, 1.82) is 0 Å². The predicted octanol–water partition coefficient (Wildman–Crippen LogP) is 18.6. The quantitative estimate of drug-likeness (QED) is 0.00592. The minimum atomic E-state index is -0.602. The highest BCUT2D eigenvalue weighted by molar-refractivity contribution is 5.93. The van der Waals surface area contributed by atoms with Crippen LogP contribution in [0.3, 0.4) is 0 Å². The third kappa shape index (κ3) is 38.2. The number of benzene rings is 4. The summed E-state index contributed by atoms with van der Waals surface area (Å²) in [6.45, 7) is 28.8. The zero-order valence-corrected chi connectivity index (χ0v) is 58.1. The second-order valence-corrected chi connectivity index (χ2v) is 22.7. The van der Waals surface area contributed by atoms with E-state index in [0.29, 0.717) is 156 Å². The molecule has 540 valence electrons. The van der Waals surface area contributed by atoms with Crippen LogP contribution in [0.15, 0.2) is 149 Å². The minimum absolute atomic E-state index is 0.323. The van der Waals surface area contributed by atoms with Crippen molar-refractivity contribution < 1.29 is 91.0 Å². The first kappa shape index (κ1) is 82.4. The normalized spacial score (nSPS) is 11.1. The molecule has 0 aliphatic heterocycles. The molecule has 0 bridgehead atoms. The van der Waals surface area contributed by atoms with Crippen LogP contribution in [-0.4, -0.2) is 111 Å². The van der Waals surface area contributed by atoms with Crippen LogP contribution in [0, 0.1) is 0 Å². The number of fused-ring (bicyclic) bond motifs is 1. The fourth-order valence-electron chi connectivity index (χ4n) is 9.67. The molecule has 0 radical (unpaired) electrons. The van der Waals surface area contributed by atoms with Gasteiger partial charge in [-0.05, 0) is 206 Å². The Morgan fingerprint density at radius 3 is 0.888 bits per heavy atom. The van der Waals surface area contributed by atoms with Crippen LogP contribution < -0.4 is 37.9 Å². The zero-order chi connectivity index (χ0) is 69.8. The van der Waals surface area contributed by atoms with Crippen molar-refractivity contribution in [2.45, 2.75) is 154 Å². The summed E-state index contributed by atoms with van der Waals surface area (Å²) in [7, 11) is 0. The van der Waals surface area contributed by atoms with E-state index in [-0.39, 0.29) is 0 Å². The highest BCUT2D eigenvalue weighted by atomic mass is 17.2. The smallest absolute Gasteiger partial charge is 0.336 e. The monoisotopic (exact) mass is 1360 g/mol. The maximum atomic E-state index is 13.6. The lowest BCUT2D eigenvalue weighted by Crippen LogP contribution is -2.08. The molecule has 4 aromatic carbocycles. The first-order valence-corrected chi connectivity index (χ1v) is 35.0. The average molecular weight is 1360 g/mol. The van der Waals surface area contributed by atoms with Gasteiger partial charge in [0.05, 0.1) is 98.1 Å². The van der Waals surface area contributed by atoms with E-state index in [1.807, 2.05) is 24.3 Å². The largest absolute Gasteiger partial charge is 0.502 e. The molecule has 19 heteroatoms. The molecule has 0 unspecified atom stereocenters. The molecule has 0 heterocycles. The maximum Gasteiger partial charge on any atom is 0.336 e. The Balaban J connectivity index is 1.51. The van der Waals surface area contributed by atoms with Gasteiger partial charge in [0.15, 0.2) is 23.0 Å². The van der Waals surface area contributed by atoms with Crippen molar-refractivity contribution in [3.8, 4) is 46.0 Å². The Morgan fingerprint density at radius 2 is 0.582 bits per heavy atom. The molecule has 0 fully saturated rings. The zero-order valence-electron chi connectivity index (χ0n) is 58.1. The van der Waals surface area contributed by atoms with Gasteiger partial charge >= 0.3 is 11.9 Å². The number of unbranched alkanes of at least 4 members (excludes halogenated alkanes) is 18. The molecule has 4 rings (SSSR count). The van der Waals surface area contributed by atoms with Gasteiger partial charge in [0, 0.05) is 23.3 Å². The van der Waals surface area contributed by atoms with Gasteiger partial charge in [-0.25, -0.2) is 38.9 Å². The fourth-order valence-corrected chi connectivity index (χ4v) is 9.67. The molecule has 0 aliphatic carbocycles. The number of carbonyl (C=O) groups excluding carboxylic acids is 2. The molecule has 0 saturated carbocycles. The molecule has 0 spiro atoms. The summed E-state index contributed by atoms with van der Waals surface area (Å²) in [5, 5.41) is 1.51. The van der Waals surface area contributed by atoms with Crippen LogP contribution in [-0.2, 0) is 53.1 Å². The van der Waals surface area contributed by atoms with Gasteiger partial charge in [-0.1, -0.05) is 69.4 Å². The second kappa shape index (κ2) is 56.9. The van der Waals surface area contributed by atoms with Gasteiger partial charge in [-0.3, -0.25) is 0 Å². The Hall–Kier alpha value is -8.04. The Bertz CT molecular complexity index is 2900. The molecule has 0 atom stereocenters. The average Bonchev–Trinajstić information content (AvgIpc) is 0.837. The van der Waals surface area contributed by atoms with E-state index < -0.39 is 11.9 Å². The van der Waals surface area contributed by atoms with Gasteiger partial charge < -0.3 is 52.1 Å². The number of hydrogen-bond donors (Lipinski definition) is 0. The van der Waals surface area contributed by atoms with Crippen molar-refractivity contribution in [2.24, 2.45) is 0 Å². The SMILES string of the molecule is C=CCOOCCCCCCOc1ccc(C=CC(=O)Oc2ccc3cc(OC(=O)C=Cc4ccc(OCCCCCCOC=C)c(OCCCCCCOC=C)c4OCCCCCCOOCC=C)ccc3c2)c(OCCCCCCOC=C)c1OCCCCCCOOCC=C. The summed E-state index contributed by atoms with van der Waals surface area (Å²) >= 11 is 0. The van der Waals surface area contributed by atoms with Gasteiger partial charge in [0.2, 0.25) is 11.5 Å². The third-order valence-corrected chi connectivity index (χ3v) is 14.7. The van der Waals surface area contributed by atoms with Crippen LogP contribution >= 0.6 is 0 Å². The summed E-state index contributed by atoms with van der Waals surface area (Å²) < 4.78 is 66.6. The Morgan fingerprint density at radius 1 is 0.296 bits per heavy atom. The standard InChI is InChI=1S/C79H110O19/c1-7-49-91-94-61-34-22-19-29-56-86-73-46-40-66(76(87-57-30-17-14-26-53-83-11-5)79(73)90-60-33-21-24-36-63-96-93-51-9-3)41-47-74(80)97-70-43-37-69-65-71(44-38-68(69)64-70)98-75(81)48-42-67-39-45-72(85-55-28-16-13-25-52-82-10-4)78(89-59-32-18-15-27-54-84-12-6)77(67)88-58-31-20-23-35-62-95-92-50-8-2/h7-12,37-48,64-65H,1-6,13-36,49-63H2. The van der Waals surface area contributed by atoms with E-state index in [1.54, 1.807) is 66.8 Å². The number of rotatable bonds is 66. The summed E-state index contributed by atoms with van der Waals surface area (Å²) in [5.74, 6) is 2.46. The van der Waals surface area contributed by atoms with E-state index in [1.165, 1.54) is 30.9 Å². The molecule has 98 heavy (non-hydrogen) atoms. The number of carbonyl (C=O) groups is 2. The molecular weight excluding hydrogens is 1250 g/mol. The van der Waals surface area contributed by atoms with E-state index in [9.17, 15) is 9.59 Å². The van der Waals surface area contributed by atoms with E-state index >= 15 is 0 Å². The highest BCUT2D eigenvalue weighted by Gasteiger charge is 2.20. The first-order chi connectivity index (χ1) is 48.3. The molecule has 0 amide bonds. The summed E-state index contributed by atoms with van der Waals surface area (Å²) in [6, 6.07) is 17.9. The first-order valence-electron chi connectivity index (χ1n) is 35.0. The van der Waals surface area contributed by atoms with Crippen LogP contribution in [0.25, 0.3) is 22.9 Å². The van der Waals surface area contributed by atoms with E-state index in [0.717, 1.165) is 165 Å². The molecule has 0 saturated heterocycles. The van der Waals surface area contributed by atoms with Crippen LogP contribution in [0.2, 0.25) is 0 Å². The van der Waals surface area contributed by atoms with Crippen molar-refractivity contribution in [2.75, 3.05) is 99.1 Å². The van der Waals surface area contributed by atoms with Gasteiger partial charge in [0.25, 0.3) is 0 Å². The lowest BCUT2D eigenvalue weighted by atomic mass is 10.1. The molecule has 19 nitrogen and oxygen atoms in total. The molecular formula is C79H110O19. The third-order valence-electron chi connectivity index (χ3n) is 14.7. The van der Waals surface area contributed by atoms with Gasteiger partial charge in [-0.15, -0.1) is 19.7 Å². The van der Waals surface area contributed by atoms with E-state index in [4.69, 9.17) is 81.4 Å². The molecule has 0 aromatic heterocycles. The summed E-state index contributed by atoms with van der Waals surface area (Å²) in [6.07, 6.45) is 36.8. The lowest BCUT2D eigenvalue weighted by Gasteiger charge is -2.19. The van der Waals surface area contributed by atoms with Gasteiger partial charge in [-0.2, -0.15) is 0 Å². The number of ether oxygens (including phenoxy) is 11. The molecule has 0 N–H and O–H groups in total. The molecule has 4 aromatic rings. The minimum Gasteiger partial charge on any atom is -0.502 e. The fraction of sp³-hybridized carbons (Fsp3) is 0.494. The van der Waals surface area contributed by atoms with Crippen molar-refractivity contribution in [1.82, 2.24) is 0 Å². The van der Waals surface area contributed by atoms with Crippen LogP contribution in [0.1, 0.15) is 165 Å². The van der Waals surface area contributed by atoms with E-state index in [2.05, 4.69) is 39.5 Å². The number of hydrogen-bond acceptors (Lipinski definition) is 19. The van der Waals surface area contributed by atoms with Gasteiger partial charge in [0.1, 0.15) is 31.3 Å². The van der Waals surface area contributed by atoms with Crippen molar-refractivity contribution >= 4 is 34.9 Å². The number of esters is 2. The topological polar surface area (TPSA) is 191 Å². The van der Waals surface area contributed by atoms with Crippen molar-refractivity contribution in [3.05, 3.63) is 160 Å². The lowest BCUT2D eigenvalue weighted by molar-refractivity contribution is -0.286. The van der Waals surface area contributed by atoms with Crippen molar-refractivity contribution in [3.63, 3.8) is 0 Å². The highest BCUT2D eigenvalue weighted by Crippen LogP contribution is 2.43. The molecule has 0 aliphatic rings. The van der Waals surface area contributed by atoms with Crippen LogP contribution in [0.4, 0.5) is 0 Å².